The second-order valence-corrected chi connectivity index (χ2v) is 5.39. The summed E-state index contributed by atoms with van der Waals surface area (Å²) in [6.07, 6.45) is 5.12. The number of nitrogens with two attached hydrogens (primary N) is 1. The van der Waals surface area contributed by atoms with E-state index in [1.807, 2.05) is 29.2 Å². The minimum Gasteiger partial charge on any atom is -0.497 e. The van der Waals surface area contributed by atoms with Gasteiger partial charge in [0.1, 0.15) is 5.75 Å². The Morgan fingerprint density at radius 1 is 1.30 bits per heavy atom. The number of rotatable bonds is 4. The lowest BCUT2D eigenvalue weighted by Crippen LogP contribution is -2.38. The van der Waals surface area contributed by atoms with Crippen molar-refractivity contribution in [3.8, 4) is 5.75 Å². The molecule has 2 rings (SSSR count). The van der Waals surface area contributed by atoms with E-state index in [-0.39, 0.29) is 11.9 Å². The van der Waals surface area contributed by atoms with Gasteiger partial charge in [0.2, 0.25) is 5.91 Å². The monoisotopic (exact) mass is 276 g/mol. The van der Waals surface area contributed by atoms with Crippen molar-refractivity contribution in [2.45, 2.75) is 38.1 Å². The number of carbonyl (C=O) groups is 1. The second kappa shape index (κ2) is 7.29. The van der Waals surface area contributed by atoms with Gasteiger partial charge in [-0.25, -0.2) is 0 Å². The lowest BCUT2D eigenvalue weighted by atomic mass is 10.0. The fraction of sp³-hybridized carbons (Fsp3) is 0.562. The number of carbonyl (C=O) groups excluding carboxylic acids is 1. The molecule has 0 aromatic heterocycles. The zero-order chi connectivity index (χ0) is 14.4. The smallest absolute Gasteiger partial charge is 0.222 e. The maximum Gasteiger partial charge on any atom is 0.222 e. The predicted octanol–water partition coefficient (Wildman–Crippen LogP) is 2.49. The number of likely N-dealkylation sites (tertiary alicyclic amines) is 1. The topological polar surface area (TPSA) is 55.6 Å². The highest BCUT2D eigenvalue weighted by molar-refractivity contribution is 5.76. The van der Waals surface area contributed by atoms with Crippen LogP contribution < -0.4 is 10.5 Å². The van der Waals surface area contributed by atoms with E-state index in [0.717, 1.165) is 30.7 Å². The van der Waals surface area contributed by atoms with Gasteiger partial charge in [0.05, 0.1) is 7.11 Å². The van der Waals surface area contributed by atoms with Crippen molar-refractivity contribution in [2.75, 3.05) is 20.2 Å². The molecule has 1 fully saturated rings. The summed E-state index contributed by atoms with van der Waals surface area (Å²) in [7, 11) is 1.65. The molecular weight excluding hydrogens is 252 g/mol. The van der Waals surface area contributed by atoms with Gasteiger partial charge >= 0.3 is 0 Å². The Bertz CT molecular complexity index is 448. The minimum atomic E-state index is -0.159. The lowest BCUT2D eigenvalue weighted by molar-refractivity contribution is -0.132. The van der Waals surface area contributed by atoms with E-state index in [1.54, 1.807) is 7.11 Å². The number of hydrogen-bond donors (Lipinski definition) is 1. The average molecular weight is 276 g/mol. The Morgan fingerprint density at radius 2 is 2.10 bits per heavy atom. The van der Waals surface area contributed by atoms with Crippen LogP contribution in [0.2, 0.25) is 0 Å². The largest absolute Gasteiger partial charge is 0.497 e. The molecule has 1 aliphatic heterocycles. The van der Waals surface area contributed by atoms with Gasteiger partial charge < -0.3 is 15.4 Å². The van der Waals surface area contributed by atoms with E-state index in [2.05, 4.69) is 0 Å². The molecule has 4 heteroatoms. The van der Waals surface area contributed by atoms with Crippen LogP contribution in [-0.2, 0) is 4.79 Å². The van der Waals surface area contributed by atoms with Gasteiger partial charge in [0.15, 0.2) is 0 Å². The Hall–Kier alpha value is -1.55. The van der Waals surface area contributed by atoms with Crippen molar-refractivity contribution in [1.29, 1.82) is 0 Å². The van der Waals surface area contributed by atoms with Gasteiger partial charge in [-0.2, -0.15) is 0 Å². The van der Waals surface area contributed by atoms with Crippen LogP contribution in [0.3, 0.4) is 0 Å². The number of benzene rings is 1. The fourth-order valence-electron chi connectivity index (χ4n) is 2.62. The molecule has 110 valence electrons. The van der Waals surface area contributed by atoms with Gasteiger partial charge in [-0.05, 0) is 30.5 Å². The van der Waals surface area contributed by atoms with Crippen molar-refractivity contribution >= 4 is 5.91 Å². The summed E-state index contributed by atoms with van der Waals surface area (Å²) in [5.41, 5.74) is 7.27. The van der Waals surface area contributed by atoms with Crippen LogP contribution in [0.4, 0.5) is 0 Å². The quantitative estimate of drug-likeness (QED) is 0.919. The van der Waals surface area contributed by atoms with Crippen LogP contribution in [0.15, 0.2) is 24.3 Å². The number of nitrogens with zero attached hydrogens (tertiary/aromatic N) is 1. The van der Waals surface area contributed by atoms with Crippen molar-refractivity contribution in [3.05, 3.63) is 29.8 Å². The summed E-state index contributed by atoms with van der Waals surface area (Å²) < 4.78 is 5.22. The first kappa shape index (κ1) is 14.9. The van der Waals surface area contributed by atoms with Gasteiger partial charge in [-0.3, -0.25) is 4.79 Å². The Labute approximate surface area is 120 Å². The highest BCUT2D eigenvalue weighted by Gasteiger charge is 2.19. The van der Waals surface area contributed by atoms with E-state index in [0.29, 0.717) is 13.0 Å². The first-order chi connectivity index (χ1) is 9.70. The first-order valence-electron chi connectivity index (χ1n) is 7.38. The van der Waals surface area contributed by atoms with Gasteiger partial charge in [-0.15, -0.1) is 0 Å². The molecule has 20 heavy (non-hydrogen) atoms. The van der Waals surface area contributed by atoms with Crippen molar-refractivity contribution in [1.82, 2.24) is 4.90 Å². The van der Waals surface area contributed by atoms with Crippen molar-refractivity contribution < 1.29 is 9.53 Å². The molecule has 4 nitrogen and oxygen atoms in total. The third-order valence-corrected chi connectivity index (χ3v) is 3.86. The van der Waals surface area contributed by atoms with Crippen LogP contribution in [0.1, 0.15) is 43.7 Å². The Kier molecular flexibility index (Phi) is 5.41. The molecule has 2 N–H and O–H groups in total. The lowest BCUT2D eigenvalue weighted by Gasteiger charge is -2.28. The third-order valence-electron chi connectivity index (χ3n) is 3.86. The first-order valence-corrected chi connectivity index (χ1v) is 7.38. The minimum absolute atomic E-state index is 0.159. The molecular formula is C16H24N2O2. The number of ether oxygens (including phenoxy) is 1. The maximum atomic E-state index is 12.1. The molecule has 0 saturated carbocycles. The number of methoxy groups -OCH3 is 1. The molecule has 1 heterocycles. The molecule has 1 aliphatic rings. The summed E-state index contributed by atoms with van der Waals surface area (Å²) >= 11 is 0. The molecule has 0 radical (unpaired) electrons. The highest BCUT2D eigenvalue weighted by Crippen LogP contribution is 2.20. The van der Waals surface area contributed by atoms with Gasteiger partial charge in [0, 0.05) is 25.6 Å². The summed E-state index contributed by atoms with van der Waals surface area (Å²) in [5.74, 6) is 1.04. The Balaban J connectivity index is 2.00. The van der Waals surface area contributed by atoms with Gasteiger partial charge in [-0.1, -0.05) is 25.0 Å². The van der Waals surface area contributed by atoms with Crippen LogP contribution in [0.25, 0.3) is 0 Å². The normalized spacial score (nSPS) is 18.3. The molecule has 0 spiro atoms. The average Bonchev–Trinajstić information content (AvgIpc) is 2.47. The second-order valence-electron chi connectivity index (χ2n) is 5.39. The van der Waals surface area contributed by atoms with Gasteiger partial charge in [0.25, 0.3) is 0 Å². The van der Waals surface area contributed by atoms with E-state index in [1.165, 1.54) is 12.8 Å². The summed E-state index contributed by atoms with van der Waals surface area (Å²) in [6.45, 7) is 1.42. The standard InChI is InChI=1S/C16H24N2O2/c1-20-14-8-6-7-13(11-14)15(17)12-18-10-5-3-2-4-9-16(18)19/h6-8,11,15H,2-5,9-10,12,17H2,1H3. The molecule has 1 aromatic rings. The van der Waals surface area contributed by atoms with E-state index in [9.17, 15) is 4.79 Å². The molecule has 1 saturated heterocycles. The zero-order valence-corrected chi connectivity index (χ0v) is 12.2. The molecule has 1 unspecified atom stereocenters. The fourth-order valence-corrected chi connectivity index (χ4v) is 2.62. The zero-order valence-electron chi connectivity index (χ0n) is 12.2. The third kappa shape index (κ3) is 3.97. The molecule has 0 aliphatic carbocycles. The Morgan fingerprint density at radius 3 is 2.90 bits per heavy atom. The summed E-state index contributed by atoms with van der Waals surface area (Å²) in [5, 5.41) is 0. The summed E-state index contributed by atoms with van der Waals surface area (Å²) in [4.78, 5) is 14.0. The van der Waals surface area contributed by atoms with Crippen molar-refractivity contribution in [2.24, 2.45) is 5.73 Å². The molecule has 1 amide bonds. The van der Waals surface area contributed by atoms with Crippen LogP contribution in [0.5, 0.6) is 5.75 Å². The molecule has 0 bridgehead atoms. The van der Waals surface area contributed by atoms with Crippen LogP contribution in [0, 0.1) is 0 Å². The highest BCUT2D eigenvalue weighted by atomic mass is 16.5. The van der Waals surface area contributed by atoms with E-state index in [4.69, 9.17) is 10.5 Å². The molecule has 1 aromatic carbocycles. The predicted molar refractivity (Wildman–Crippen MR) is 79.6 cm³/mol. The van der Waals surface area contributed by atoms with E-state index < -0.39 is 0 Å². The van der Waals surface area contributed by atoms with Crippen LogP contribution >= 0.6 is 0 Å². The SMILES string of the molecule is COc1cccc(C(N)CN2CCCCCCC2=O)c1. The summed E-state index contributed by atoms with van der Waals surface area (Å²) in [6, 6.07) is 7.61. The van der Waals surface area contributed by atoms with Crippen molar-refractivity contribution in [3.63, 3.8) is 0 Å². The number of amides is 1. The van der Waals surface area contributed by atoms with E-state index >= 15 is 0 Å². The number of hydrogen-bond acceptors (Lipinski definition) is 3. The maximum absolute atomic E-state index is 12.1. The molecule has 1 atom stereocenters. The van der Waals surface area contributed by atoms with Crippen LogP contribution in [-0.4, -0.2) is 31.0 Å².